The summed E-state index contributed by atoms with van der Waals surface area (Å²) in [7, 11) is 1.56. The molecule has 1 unspecified atom stereocenters. The first-order valence-corrected chi connectivity index (χ1v) is 11.0. The zero-order valence-corrected chi connectivity index (χ0v) is 19.6. The third kappa shape index (κ3) is 3.47. The summed E-state index contributed by atoms with van der Waals surface area (Å²) in [5.74, 6) is 0.591. The lowest BCUT2D eigenvalue weighted by atomic mass is 9.99. The van der Waals surface area contributed by atoms with Crippen LogP contribution in [0.3, 0.4) is 0 Å². The van der Waals surface area contributed by atoms with Crippen molar-refractivity contribution in [3.8, 4) is 22.9 Å². The molecule has 0 saturated carbocycles. The van der Waals surface area contributed by atoms with Gasteiger partial charge in [0, 0.05) is 10.9 Å². The monoisotopic (exact) mass is 470 g/mol. The van der Waals surface area contributed by atoms with Crippen molar-refractivity contribution < 1.29 is 18.8 Å². The van der Waals surface area contributed by atoms with E-state index in [2.05, 4.69) is 16.2 Å². The average molecular weight is 470 g/mol. The summed E-state index contributed by atoms with van der Waals surface area (Å²) in [5, 5.41) is 24.0. The molecule has 5 rings (SSSR count). The van der Waals surface area contributed by atoms with Crippen LogP contribution in [-0.2, 0) is 6.61 Å². The number of hydrogen-bond donors (Lipinski definition) is 1. The molecule has 0 aliphatic carbocycles. The Morgan fingerprint density at radius 1 is 1.26 bits per heavy atom. The maximum atomic E-state index is 13.1. The van der Waals surface area contributed by atoms with E-state index in [1.54, 1.807) is 31.4 Å². The maximum Gasteiger partial charge on any atom is 0.420 e. The van der Waals surface area contributed by atoms with Crippen LogP contribution >= 0.6 is 0 Å². The van der Waals surface area contributed by atoms with Crippen molar-refractivity contribution in [3.63, 3.8) is 0 Å². The fourth-order valence-electron chi connectivity index (χ4n) is 4.59. The summed E-state index contributed by atoms with van der Waals surface area (Å²) < 4.78 is 18.2. The van der Waals surface area contributed by atoms with Crippen molar-refractivity contribution in [1.29, 1.82) is 5.26 Å². The van der Waals surface area contributed by atoms with E-state index in [1.165, 1.54) is 4.57 Å². The number of aliphatic hydroxyl groups excluding tert-OH is 1. The molecule has 35 heavy (non-hydrogen) atoms. The van der Waals surface area contributed by atoms with Gasteiger partial charge in [-0.3, -0.25) is 4.57 Å². The van der Waals surface area contributed by atoms with E-state index in [1.807, 2.05) is 32.9 Å². The second-order valence-corrected chi connectivity index (χ2v) is 8.31. The van der Waals surface area contributed by atoms with E-state index in [0.717, 1.165) is 16.7 Å². The fraction of sp³-hybridized carbons (Fsp3) is 0.231. The largest absolute Gasteiger partial charge is 0.496 e. The van der Waals surface area contributed by atoms with Gasteiger partial charge in [0.1, 0.15) is 22.7 Å². The number of hydrogen-bond acceptors (Lipinski definition) is 8. The highest BCUT2D eigenvalue weighted by Crippen LogP contribution is 2.40. The van der Waals surface area contributed by atoms with Gasteiger partial charge in [0.05, 0.1) is 48.2 Å². The third-order valence-electron chi connectivity index (χ3n) is 6.27. The summed E-state index contributed by atoms with van der Waals surface area (Å²) in [4.78, 5) is 17.7. The lowest BCUT2D eigenvalue weighted by Crippen LogP contribution is -2.19. The number of aliphatic hydroxyl groups is 1. The average Bonchev–Trinajstić information content (AvgIpc) is 3.40. The van der Waals surface area contributed by atoms with Gasteiger partial charge in [-0.2, -0.15) is 5.26 Å². The van der Waals surface area contributed by atoms with Crippen LogP contribution in [0.5, 0.6) is 5.75 Å². The number of ether oxygens (including phenoxy) is 1. The quantitative estimate of drug-likeness (QED) is 0.400. The molecule has 0 aliphatic heterocycles. The van der Waals surface area contributed by atoms with Gasteiger partial charge >= 0.3 is 5.76 Å². The Bertz CT molecular complexity index is 1680. The smallest absolute Gasteiger partial charge is 0.420 e. The van der Waals surface area contributed by atoms with E-state index < -0.39 is 18.4 Å². The number of fused-ring (bicyclic) bond motifs is 3. The predicted molar refractivity (Wildman–Crippen MR) is 128 cm³/mol. The maximum absolute atomic E-state index is 13.1. The molecule has 0 bridgehead atoms. The first-order valence-electron chi connectivity index (χ1n) is 11.0. The first-order chi connectivity index (χ1) is 16.9. The zero-order valence-electron chi connectivity index (χ0n) is 19.6. The number of aromatic nitrogens is 3. The van der Waals surface area contributed by atoms with Crippen LogP contribution in [0, 0.1) is 25.2 Å². The van der Waals surface area contributed by atoms with Crippen molar-refractivity contribution in [1.82, 2.24) is 14.7 Å². The molecular formula is C26H22N4O5. The molecule has 3 heterocycles. The number of methoxy groups -OCH3 is 1. The van der Waals surface area contributed by atoms with E-state index >= 15 is 0 Å². The molecule has 5 aromatic rings. The van der Waals surface area contributed by atoms with Gasteiger partial charge in [0.15, 0.2) is 5.58 Å². The molecule has 176 valence electrons. The molecule has 1 atom stereocenters. The Labute approximate surface area is 199 Å². The van der Waals surface area contributed by atoms with Crippen LogP contribution in [0.2, 0.25) is 0 Å². The Hall–Kier alpha value is -4.42. The van der Waals surface area contributed by atoms with Gasteiger partial charge in [0.25, 0.3) is 0 Å². The molecule has 0 saturated heterocycles. The summed E-state index contributed by atoms with van der Waals surface area (Å²) in [6, 6.07) is 12.4. The number of pyridine rings is 1. The second kappa shape index (κ2) is 8.42. The molecule has 3 aromatic heterocycles. The van der Waals surface area contributed by atoms with Crippen LogP contribution in [-0.4, -0.2) is 26.9 Å². The highest BCUT2D eigenvalue weighted by atomic mass is 16.5. The molecule has 0 amide bonds. The number of rotatable bonds is 5. The van der Waals surface area contributed by atoms with Crippen LogP contribution < -0.4 is 10.5 Å². The van der Waals surface area contributed by atoms with Crippen LogP contribution in [0.25, 0.3) is 33.1 Å². The van der Waals surface area contributed by atoms with Gasteiger partial charge in [-0.05, 0) is 50.6 Å². The number of benzene rings is 2. The fourth-order valence-corrected chi connectivity index (χ4v) is 4.59. The summed E-state index contributed by atoms with van der Waals surface area (Å²) in [5.41, 5.74) is 4.98. The van der Waals surface area contributed by atoms with E-state index in [4.69, 9.17) is 13.7 Å². The lowest BCUT2D eigenvalue weighted by molar-refractivity contribution is 0.277. The lowest BCUT2D eigenvalue weighted by Gasteiger charge is -2.16. The molecule has 1 N–H and O–H groups in total. The molecule has 0 aliphatic rings. The standard InChI is InChI=1S/C26H22N4O5/c1-13-23(15(3)35-29-13)19-9-20-18(10-22(19)33-4)24-25(21(12-31)28-20)34-26(32)30(24)14(2)17-7-5-6-16(8-17)11-27/h5-10,14,31H,12H2,1-4H3. The van der Waals surface area contributed by atoms with E-state index in [-0.39, 0.29) is 11.3 Å². The number of aryl methyl sites for hydroxylation is 2. The molecular weight excluding hydrogens is 448 g/mol. The predicted octanol–water partition coefficient (Wildman–Crippen LogP) is 4.40. The zero-order chi connectivity index (χ0) is 24.9. The van der Waals surface area contributed by atoms with Crippen LogP contribution in [0.15, 0.2) is 50.1 Å². The van der Waals surface area contributed by atoms with Crippen molar-refractivity contribution >= 4 is 22.0 Å². The van der Waals surface area contributed by atoms with Crippen molar-refractivity contribution in [2.24, 2.45) is 0 Å². The molecule has 9 heteroatoms. The highest BCUT2D eigenvalue weighted by molar-refractivity contribution is 6.05. The minimum Gasteiger partial charge on any atom is -0.496 e. The summed E-state index contributed by atoms with van der Waals surface area (Å²) in [6.45, 7) is 5.10. The van der Waals surface area contributed by atoms with Crippen molar-refractivity contribution in [2.45, 2.75) is 33.4 Å². The van der Waals surface area contributed by atoms with Crippen LogP contribution in [0.4, 0.5) is 0 Å². The minimum absolute atomic E-state index is 0.209. The number of nitriles is 1. The van der Waals surface area contributed by atoms with Crippen molar-refractivity contribution in [3.05, 3.63) is 75.2 Å². The van der Waals surface area contributed by atoms with Crippen LogP contribution in [0.1, 0.15) is 41.2 Å². The molecule has 2 aromatic carbocycles. The Kier molecular flexibility index (Phi) is 5.38. The van der Waals surface area contributed by atoms with Gasteiger partial charge in [-0.25, -0.2) is 9.78 Å². The second-order valence-electron chi connectivity index (χ2n) is 8.31. The Balaban J connectivity index is 1.86. The molecule has 9 nitrogen and oxygen atoms in total. The molecule has 0 radical (unpaired) electrons. The van der Waals surface area contributed by atoms with Gasteiger partial charge < -0.3 is 18.8 Å². The van der Waals surface area contributed by atoms with Gasteiger partial charge in [0.2, 0.25) is 0 Å². The van der Waals surface area contributed by atoms with E-state index in [0.29, 0.717) is 39.2 Å². The van der Waals surface area contributed by atoms with Crippen molar-refractivity contribution in [2.75, 3.05) is 7.11 Å². The van der Waals surface area contributed by atoms with E-state index in [9.17, 15) is 15.2 Å². The number of nitrogens with zero attached hydrogens (tertiary/aromatic N) is 4. The summed E-state index contributed by atoms with van der Waals surface area (Å²) in [6.07, 6.45) is 0. The van der Waals surface area contributed by atoms with Gasteiger partial charge in [-0.15, -0.1) is 0 Å². The summed E-state index contributed by atoms with van der Waals surface area (Å²) >= 11 is 0. The van der Waals surface area contributed by atoms with Gasteiger partial charge in [-0.1, -0.05) is 17.3 Å². The highest BCUT2D eigenvalue weighted by Gasteiger charge is 2.25. The molecule has 0 spiro atoms. The Morgan fingerprint density at radius 3 is 2.71 bits per heavy atom. The first kappa shape index (κ1) is 22.4. The minimum atomic E-state index is -0.590. The third-order valence-corrected chi connectivity index (χ3v) is 6.27. The Morgan fingerprint density at radius 2 is 2.06 bits per heavy atom. The normalized spacial score (nSPS) is 12.2. The molecule has 0 fully saturated rings. The SMILES string of the molecule is COc1cc2c(cc1-c1c(C)noc1C)nc(CO)c1oc(=O)n(C(C)c3cccc(C#N)c3)c12. The topological polar surface area (TPSA) is 127 Å². The number of oxazole rings is 1.